The van der Waals surface area contributed by atoms with Crippen LogP contribution in [0.4, 0.5) is 5.69 Å². The lowest BCUT2D eigenvalue weighted by atomic mass is 9.95. The molecule has 0 aliphatic carbocycles. The first kappa shape index (κ1) is 17.5. The van der Waals surface area contributed by atoms with Crippen LogP contribution in [0.2, 0.25) is 0 Å². The van der Waals surface area contributed by atoms with Crippen molar-refractivity contribution in [3.63, 3.8) is 0 Å². The third kappa shape index (κ3) is 2.91. The normalized spacial score (nSPS) is 14.8. The van der Waals surface area contributed by atoms with E-state index in [9.17, 15) is 13.2 Å². The van der Waals surface area contributed by atoms with Gasteiger partial charge in [-0.3, -0.25) is 9.10 Å². The van der Waals surface area contributed by atoms with E-state index in [0.29, 0.717) is 17.2 Å². The monoisotopic (exact) mass is 358 g/mol. The number of amides is 1. The summed E-state index contributed by atoms with van der Waals surface area (Å²) in [5, 5.41) is 0. The van der Waals surface area contributed by atoms with E-state index < -0.39 is 10.0 Å². The van der Waals surface area contributed by atoms with E-state index in [2.05, 4.69) is 13.8 Å². The maximum Gasteiger partial charge on any atom is 0.265 e. The molecule has 0 bridgehead atoms. The summed E-state index contributed by atoms with van der Waals surface area (Å²) < 4.78 is 27.4. The van der Waals surface area contributed by atoms with Crippen molar-refractivity contribution in [2.75, 3.05) is 24.9 Å². The van der Waals surface area contributed by atoms with Crippen LogP contribution in [-0.4, -0.2) is 39.9 Å². The summed E-state index contributed by atoms with van der Waals surface area (Å²) in [6, 6.07) is 12.7. The van der Waals surface area contributed by atoms with Gasteiger partial charge in [0.2, 0.25) is 5.91 Å². The number of benzene rings is 2. The van der Waals surface area contributed by atoms with Gasteiger partial charge in [-0.15, -0.1) is 0 Å². The summed E-state index contributed by atoms with van der Waals surface area (Å²) in [7, 11) is -0.531. The van der Waals surface area contributed by atoms with Crippen LogP contribution in [0.5, 0.6) is 0 Å². The highest BCUT2D eigenvalue weighted by Crippen LogP contribution is 2.43. The lowest BCUT2D eigenvalue weighted by Gasteiger charge is -2.32. The molecule has 1 heterocycles. The third-order valence-electron chi connectivity index (χ3n) is 4.48. The summed E-state index contributed by atoms with van der Waals surface area (Å²) in [6.07, 6.45) is 0. The summed E-state index contributed by atoms with van der Waals surface area (Å²) in [4.78, 5) is 13.9. The Morgan fingerprint density at radius 3 is 2.40 bits per heavy atom. The minimum absolute atomic E-state index is 0.211. The van der Waals surface area contributed by atoms with Crippen LogP contribution >= 0.6 is 0 Å². The van der Waals surface area contributed by atoms with E-state index in [1.165, 1.54) is 9.21 Å². The molecule has 0 saturated heterocycles. The van der Waals surface area contributed by atoms with E-state index in [1.54, 1.807) is 32.3 Å². The number of rotatable bonds is 3. The first-order valence-electron chi connectivity index (χ1n) is 8.19. The molecule has 1 amide bonds. The van der Waals surface area contributed by atoms with Crippen molar-refractivity contribution in [2.24, 2.45) is 0 Å². The van der Waals surface area contributed by atoms with Crippen LogP contribution in [0.15, 0.2) is 47.4 Å². The van der Waals surface area contributed by atoms with Gasteiger partial charge in [0, 0.05) is 25.2 Å². The standard InChI is InChI=1S/C19H22N2O3S/c1-13(2)14-9-10-17-16(11-14)15-7-5-6-8-18(15)25(23,24)21(17)12-19(22)20(3)4/h5-11,13H,12H2,1-4H3. The van der Waals surface area contributed by atoms with Crippen LogP contribution in [0.25, 0.3) is 11.1 Å². The fraction of sp³-hybridized carbons (Fsp3) is 0.316. The predicted octanol–water partition coefficient (Wildman–Crippen LogP) is 3.07. The highest BCUT2D eigenvalue weighted by Gasteiger charge is 2.36. The summed E-state index contributed by atoms with van der Waals surface area (Å²) in [5.74, 6) is 0.0645. The average molecular weight is 358 g/mol. The SMILES string of the molecule is CC(C)c1ccc2c(c1)-c1ccccc1S(=O)(=O)N2CC(=O)N(C)C. The number of sulfonamides is 1. The quantitative estimate of drug-likeness (QED) is 0.847. The second-order valence-electron chi connectivity index (χ2n) is 6.73. The molecule has 2 aromatic carbocycles. The molecule has 1 aliphatic rings. The van der Waals surface area contributed by atoms with Crippen molar-refractivity contribution in [3.8, 4) is 11.1 Å². The van der Waals surface area contributed by atoms with Gasteiger partial charge in [0.15, 0.2) is 0 Å². The van der Waals surface area contributed by atoms with Crippen molar-refractivity contribution in [1.82, 2.24) is 4.90 Å². The molecule has 0 spiro atoms. The van der Waals surface area contributed by atoms with E-state index in [-0.39, 0.29) is 17.3 Å². The van der Waals surface area contributed by atoms with Crippen molar-refractivity contribution >= 4 is 21.6 Å². The minimum Gasteiger partial charge on any atom is -0.347 e. The number of carbonyl (C=O) groups is 1. The van der Waals surface area contributed by atoms with Crippen LogP contribution in [-0.2, 0) is 14.8 Å². The first-order chi connectivity index (χ1) is 11.7. The maximum absolute atomic E-state index is 13.1. The number of likely N-dealkylation sites (N-methyl/N-ethyl adjacent to an activating group) is 1. The van der Waals surface area contributed by atoms with Gasteiger partial charge in [0.05, 0.1) is 10.6 Å². The number of anilines is 1. The Kier molecular flexibility index (Phi) is 4.33. The largest absolute Gasteiger partial charge is 0.347 e. The van der Waals surface area contributed by atoms with Gasteiger partial charge in [-0.05, 0) is 29.7 Å². The van der Waals surface area contributed by atoms with Gasteiger partial charge >= 0.3 is 0 Å². The van der Waals surface area contributed by atoms with Crippen LogP contribution in [0.3, 0.4) is 0 Å². The van der Waals surface area contributed by atoms with Crippen LogP contribution in [0.1, 0.15) is 25.3 Å². The highest BCUT2D eigenvalue weighted by atomic mass is 32.2. The average Bonchev–Trinajstić information content (AvgIpc) is 2.58. The summed E-state index contributed by atoms with van der Waals surface area (Å²) in [6.45, 7) is 3.98. The van der Waals surface area contributed by atoms with Gasteiger partial charge in [-0.1, -0.05) is 38.1 Å². The maximum atomic E-state index is 13.1. The molecule has 6 heteroatoms. The van der Waals surface area contributed by atoms with Gasteiger partial charge in [0.25, 0.3) is 10.0 Å². The summed E-state index contributed by atoms with van der Waals surface area (Å²) >= 11 is 0. The predicted molar refractivity (Wildman–Crippen MR) is 99.2 cm³/mol. The van der Waals surface area contributed by atoms with Crippen LogP contribution < -0.4 is 4.31 Å². The number of hydrogen-bond donors (Lipinski definition) is 0. The Labute approximate surface area is 148 Å². The number of carbonyl (C=O) groups excluding carboxylic acids is 1. The lowest BCUT2D eigenvalue weighted by molar-refractivity contribution is -0.127. The first-order valence-corrected chi connectivity index (χ1v) is 9.63. The number of nitrogens with zero attached hydrogens (tertiary/aromatic N) is 2. The summed E-state index contributed by atoms with van der Waals surface area (Å²) in [5.41, 5.74) is 3.22. The molecule has 0 radical (unpaired) electrons. The molecule has 132 valence electrons. The van der Waals surface area contributed by atoms with Crippen molar-refractivity contribution in [2.45, 2.75) is 24.7 Å². The van der Waals surface area contributed by atoms with Crippen molar-refractivity contribution < 1.29 is 13.2 Å². The van der Waals surface area contributed by atoms with E-state index in [4.69, 9.17) is 0 Å². The topological polar surface area (TPSA) is 57.7 Å². The molecule has 0 unspecified atom stereocenters. The van der Waals surface area contributed by atoms with Crippen molar-refractivity contribution in [1.29, 1.82) is 0 Å². The zero-order valence-electron chi connectivity index (χ0n) is 14.9. The smallest absolute Gasteiger partial charge is 0.265 e. The van der Waals surface area contributed by atoms with E-state index in [0.717, 1.165) is 11.1 Å². The molecular weight excluding hydrogens is 336 g/mol. The Balaban J connectivity index is 2.25. The van der Waals surface area contributed by atoms with Gasteiger partial charge in [-0.25, -0.2) is 8.42 Å². The lowest BCUT2D eigenvalue weighted by Crippen LogP contribution is -2.42. The second-order valence-corrected chi connectivity index (χ2v) is 8.56. The molecular formula is C19H22N2O3S. The van der Waals surface area contributed by atoms with Gasteiger partial charge in [0.1, 0.15) is 6.54 Å². The Morgan fingerprint density at radius 2 is 1.76 bits per heavy atom. The molecule has 0 N–H and O–H groups in total. The molecule has 5 nitrogen and oxygen atoms in total. The number of fused-ring (bicyclic) bond motifs is 3. The molecule has 0 saturated carbocycles. The molecule has 25 heavy (non-hydrogen) atoms. The molecule has 0 atom stereocenters. The van der Waals surface area contributed by atoms with Crippen LogP contribution in [0, 0.1) is 0 Å². The molecule has 0 fully saturated rings. The Bertz CT molecular complexity index is 933. The van der Waals surface area contributed by atoms with E-state index in [1.807, 2.05) is 24.3 Å². The number of hydrogen-bond acceptors (Lipinski definition) is 3. The van der Waals surface area contributed by atoms with Gasteiger partial charge < -0.3 is 4.90 Å². The fourth-order valence-electron chi connectivity index (χ4n) is 2.94. The molecule has 3 rings (SSSR count). The fourth-order valence-corrected chi connectivity index (χ4v) is 4.59. The Hall–Kier alpha value is -2.34. The zero-order valence-corrected chi connectivity index (χ0v) is 15.7. The molecule has 1 aliphatic heterocycles. The second kappa shape index (κ2) is 6.19. The van der Waals surface area contributed by atoms with E-state index >= 15 is 0 Å². The minimum atomic E-state index is -3.77. The Morgan fingerprint density at radius 1 is 1.08 bits per heavy atom. The molecule has 0 aromatic heterocycles. The van der Waals surface area contributed by atoms with Gasteiger partial charge in [-0.2, -0.15) is 0 Å². The molecule has 2 aromatic rings. The highest BCUT2D eigenvalue weighted by molar-refractivity contribution is 7.93. The van der Waals surface area contributed by atoms with Crippen molar-refractivity contribution in [3.05, 3.63) is 48.0 Å². The third-order valence-corrected chi connectivity index (χ3v) is 6.30. The zero-order chi connectivity index (χ0) is 18.4.